The molecule has 1 heterocycles. The van der Waals surface area contributed by atoms with Crippen LogP contribution in [-0.2, 0) is 20.6 Å². The molecule has 5 nitrogen and oxygen atoms in total. The van der Waals surface area contributed by atoms with Gasteiger partial charge in [-0.25, -0.2) is 12.7 Å². The monoisotopic (exact) mass is 420 g/mol. The first kappa shape index (κ1) is 20.8. The van der Waals surface area contributed by atoms with E-state index in [1.165, 1.54) is 4.31 Å². The van der Waals surface area contributed by atoms with E-state index in [0.717, 1.165) is 5.56 Å². The first-order valence-electron chi connectivity index (χ1n) is 9.43. The van der Waals surface area contributed by atoms with E-state index in [4.69, 9.17) is 11.6 Å². The van der Waals surface area contributed by atoms with Gasteiger partial charge in [0.1, 0.15) is 0 Å². The Hall–Kier alpha value is -1.89. The average Bonchev–Trinajstić information content (AvgIpc) is 2.70. The molecular formula is C21H25ClN2O3S. The standard InChI is InChI=1S/C21H25ClN2O3S/c1-16(17-7-3-2-4-8-17)23-21(25)18-11-13-24(14-12-18)28(26,27)15-19-9-5-6-10-20(19)22/h2-10,16,18H,11-15H2,1H3,(H,23,25)/t16-/m1/s1. The molecule has 0 unspecified atom stereocenters. The minimum absolute atomic E-state index is 0.0143. The topological polar surface area (TPSA) is 66.5 Å². The van der Waals surface area contributed by atoms with E-state index in [1.54, 1.807) is 24.3 Å². The number of piperidine rings is 1. The van der Waals surface area contributed by atoms with Crippen molar-refractivity contribution in [1.82, 2.24) is 9.62 Å². The second-order valence-corrected chi connectivity index (χ2v) is 9.54. The van der Waals surface area contributed by atoms with E-state index < -0.39 is 10.0 Å². The highest BCUT2D eigenvalue weighted by atomic mass is 35.5. The summed E-state index contributed by atoms with van der Waals surface area (Å²) in [6.07, 6.45) is 1.05. The summed E-state index contributed by atoms with van der Waals surface area (Å²) in [5, 5.41) is 3.50. The second-order valence-electron chi connectivity index (χ2n) is 7.16. The third-order valence-electron chi connectivity index (χ3n) is 5.17. The summed E-state index contributed by atoms with van der Waals surface area (Å²) < 4.78 is 26.9. The molecule has 2 aromatic carbocycles. The number of carbonyl (C=O) groups excluding carboxylic acids is 1. The summed E-state index contributed by atoms with van der Waals surface area (Å²) in [4.78, 5) is 12.6. The van der Waals surface area contributed by atoms with Gasteiger partial charge in [-0.2, -0.15) is 0 Å². The van der Waals surface area contributed by atoms with E-state index in [2.05, 4.69) is 5.32 Å². The van der Waals surface area contributed by atoms with Gasteiger partial charge in [0.25, 0.3) is 0 Å². The van der Waals surface area contributed by atoms with Crippen LogP contribution in [0.15, 0.2) is 54.6 Å². The molecule has 0 bridgehead atoms. The molecule has 28 heavy (non-hydrogen) atoms. The maximum Gasteiger partial charge on any atom is 0.223 e. The predicted molar refractivity (Wildman–Crippen MR) is 111 cm³/mol. The molecular weight excluding hydrogens is 396 g/mol. The van der Waals surface area contributed by atoms with Crippen LogP contribution in [0.25, 0.3) is 0 Å². The van der Waals surface area contributed by atoms with Crippen molar-refractivity contribution in [1.29, 1.82) is 0 Å². The van der Waals surface area contributed by atoms with Crippen molar-refractivity contribution in [2.24, 2.45) is 5.92 Å². The Morgan fingerprint density at radius 1 is 1.11 bits per heavy atom. The molecule has 1 fully saturated rings. The zero-order valence-electron chi connectivity index (χ0n) is 15.8. The lowest BCUT2D eigenvalue weighted by Gasteiger charge is -2.31. The van der Waals surface area contributed by atoms with Gasteiger partial charge in [0, 0.05) is 24.0 Å². The molecule has 0 spiro atoms. The number of halogens is 1. The molecule has 7 heteroatoms. The van der Waals surface area contributed by atoms with Gasteiger partial charge in [-0.1, -0.05) is 60.1 Å². The summed E-state index contributed by atoms with van der Waals surface area (Å²) in [5.41, 5.74) is 1.65. The molecule has 1 amide bonds. The number of hydrogen-bond donors (Lipinski definition) is 1. The molecule has 1 saturated heterocycles. The van der Waals surface area contributed by atoms with Crippen molar-refractivity contribution in [3.63, 3.8) is 0 Å². The largest absolute Gasteiger partial charge is 0.349 e. The molecule has 3 rings (SSSR count). The van der Waals surface area contributed by atoms with Gasteiger partial charge in [-0.3, -0.25) is 4.79 Å². The molecule has 1 aliphatic heterocycles. The van der Waals surface area contributed by atoms with Gasteiger partial charge >= 0.3 is 0 Å². The third kappa shape index (κ3) is 5.13. The normalized spacial score (nSPS) is 17.2. The van der Waals surface area contributed by atoms with Crippen molar-refractivity contribution in [3.8, 4) is 0 Å². The number of hydrogen-bond acceptors (Lipinski definition) is 3. The Balaban J connectivity index is 1.55. The fraction of sp³-hybridized carbons (Fsp3) is 0.381. The van der Waals surface area contributed by atoms with Crippen molar-refractivity contribution < 1.29 is 13.2 Å². The maximum absolute atomic E-state index is 12.7. The van der Waals surface area contributed by atoms with Crippen molar-refractivity contribution >= 4 is 27.5 Å². The summed E-state index contributed by atoms with van der Waals surface area (Å²) in [5.74, 6) is -0.299. The van der Waals surface area contributed by atoms with Crippen molar-refractivity contribution in [2.45, 2.75) is 31.6 Å². The fourth-order valence-corrected chi connectivity index (χ4v) is 5.33. The number of rotatable bonds is 6. The van der Waals surface area contributed by atoms with Gasteiger partial charge in [0.15, 0.2) is 0 Å². The summed E-state index contributed by atoms with van der Waals surface area (Å²) in [6, 6.07) is 16.7. The van der Waals surface area contributed by atoms with Crippen molar-refractivity contribution in [2.75, 3.05) is 13.1 Å². The zero-order chi connectivity index (χ0) is 20.1. The first-order valence-corrected chi connectivity index (χ1v) is 11.4. The second kappa shape index (κ2) is 9.07. The number of amides is 1. The Kier molecular flexibility index (Phi) is 6.75. The van der Waals surface area contributed by atoms with Crippen molar-refractivity contribution in [3.05, 3.63) is 70.7 Å². The molecule has 2 aromatic rings. The zero-order valence-corrected chi connectivity index (χ0v) is 17.4. The number of benzene rings is 2. The number of sulfonamides is 1. The summed E-state index contributed by atoms with van der Waals surface area (Å²) >= 11 is 6.10. The first-order chi connectivity index (χ1) is 13.4. The van der Waals surface area contributed by atoms with Gasteiger partial charge in [0.2, 0.25) is 15.9 Å². The lowest BCUT2D eigenvalue weighted by molar-refractivity contribution is -0.126. The van der Waals surface area contributed by atoms with E-state index in [-0.39, 0.29) is 23.6 Å². The van der Waals surface area contributed by atoms with E-state index >= 15 is 0 Å². The molecule has 0 radical (unpaired) electrons. The number of nitrogens with one attached hydrogen (secondary N) is 1. The molecule has 1 atom stereocenters. The minimum Gasteiger partial charge on any atom is -0.349 e. The van der Waals surface area contributed by atoms with Gasteiger partial charge < -0.3 is 5.32 Å². The Morgan fingerprint density at radius 2 is 1.71 bits per heavy atom. The molecule has 0 saturated carbocycles. The lowest BCUT2D eigenvalue weighted by atomic mass is 9.96. The summed E-state index contributed by atoms with van der Waals surface area (Å²) in [7, 11) is -3.46. The SMILES string of the molecule is C[C@@H](NC(=O)C1CCN(S(=O)(=O)Cc2ccccc2Cl)CC1)c1ccccc1. The van der Waals surface area contributed by atoms with Gasteiger partial charge in [0.05, 0.1) is 11.8 Å². The van der Waals surface area contributed by atoms with Crippen LogP contribution >= 0.6 is 11.6 Å². The van der Waals surface area contributed by atoms with Crippen LogP contribution in [0.5, 0.6) is 0 Å². The van der Waals surface area contributed by atoms with Crippen LogP contribution in [-0.4, -0.2) is 31.7 Å². The fourth-order valence-electron chi connectivity index (χ4n) is 3.46. The average molecular weight is 421 g/mol. The molecule has 1 N–H and O–H groups in total. The van der Waals surface area contributed by atoms with Gasteiger partial charge in [-0.15, -0.1) is 0 Å². The number of carbonyl (C=O) groups is 1. The van der Waals surface area contributed by atoms with Crippen LogP contribution in [0.4, 0.5) is 0 Å². The van der Waals surface area contributed by atoms with Crippen LogP contribution < -0.4 is 5.32 Å². The minimum atomic E-state index is -3.46. The lowest BCUT2D eigenvalue weighted by Crippen LogP contribution is -2.43. The quantitative estimate of drug-likeness (QED) is 0.773. The smallest absolute Gasteiger partial charge is 0.223 e. The highest BCUT2D eigenvalue weighted by molar-refractivity contribution is 7.88. The predicted octanol–water partition coefficient (Wildman–Crippen LogP) is 3.76. The highest BCUT2D eigenvalue weighted by Crippen LogP contribution is 2.25. The van der Waals surface area contributed by atoms with Crippen LogP contribution in [0.3, 0.4) is 0 Å². The molecule has 0 aliphatic carbocycles. The van der Waals surface area contributed by atoms with E-state index in [1.807, 2.05) is 37.3 Å². The molecule has 150 valence electrons. The Bertz CT molecular complexity index is 910. The van der Waals surface area contributed by atoms with Crippen LogP contribution in [0.2, 0.25) is 5.02 Å². The summed E-state index contributed by atoms with van der Waals surface area (Å²) in [6.45, 7) is 2.66. The molecule has 0 aromatic heterocycles. The van der Waals surface area contributed by atoms with E-state index in [9.17, 15) is 13.2 Å². The Labute approximate surface area is 171 Å². The van der Waals surface area contributed by atoms with Crippen LogP contribution in [0.1, 0.15) is 36.9 Å². The van der Waals surface area contributed by atoms with Crippen LogP contribution in [0, 0.1) is 5.92 Å². The number of nitrogens with zero attached hydrogens (tertiary/aromatic N) is 1. The maximum atomic E-state index is 12.7. The van der Waals surface area contributed by atoms with Gasteiger partial charge in [-0.05, 0) is 37.0 Å². The highest BCUT2D eigenvalue weighted by Gasteiger charge is 2.31. The van der Waals surface area contributed by atoms with E-state index in [0.29, 0.717) is 36.5 Å². The Morgan fingerprint density at radius 3 is 2.36 bits per heavy atom. The molecule has 1 aliphatic rings. The third-order valence-corrected chi connectivity index (χ3v) is 7.37.